The minimum atomic E-state index is -0.279. The number of halogens is 1. The molecule has 2 aromatic carbocycles. The summed E-state index contributed by atoms with van der Waals surface area (Å²) in [6.45, 7) is 4.86. The Labute approximate surface area is 137 Å². The minimum Gasteiger partial charge on any atom is -0.493 e. The van der Waals surface area contributed by atoms with Crippen LogP contribution >= 0.6 is 0 Å². The fourth-order valence-corrected chi connectivity index (χ4v) is 2.56. The molecule has 2 aromatic rings. The summed E-state index contributed by atoms with van der Waals surface area (Å²) in [4.78, 5) is 0. The SMILES string of the molecule is CC(C)c1ccccc1OCCCC(C#N)c1ccc(F)cc1. The largest absolute Gasteiger partial charge is 0.493 e. The lowest BCUT2D eigenvalue weighted by atomic mass is 9.96. The van der Waals surface area contributed by atoms with E-state index in [1.807, 2.05) is 18.2 Å². The molecule has 2 nitrogen and oxygen atoms in total. The molecular weight excluding hydrogens is 289 g/mol. The van der Waals surface area contributed by atoms with Crippen molar-refractivity contribution < 1.29 is 9.13 Å². The predicted octanol–water partition coefficient (Wildman–Crippen LogP) is 5.42. The van der Waals surface area contributed by atoms with Crippen LogP contribution in [0.25, 0.3) is 0 Å². The van der Waals surface area contributed by atoms with Gasteiger partial charge in [0.15, 0.2) is 0 Å². The second-order valence-corrected chi connectivity index (χ2v) is 5.92. The zero-order chi connectivity index (χ0) is 16.7. The van der Waals surface area contributed by atoms with Gasteiger partial charge in [0.2, 0.25) is 0 Å². The van der Waals surface area contributed by atoms with Gasteiger partial charge in [0.05, 0.1) is 18.6 Å². The topological polar surface area (TPSA) is 33.0 Å². The Balaban J connectivity index is 1.87. The van der Waals surface area contributed by atoms with E-state index in [9.17, 15) is 9.65 Å². The molecule has 0 spiro atoms. The van der Waals surface area contributed by atoms with Crippen LogP contribution in [0.4, 0.5) is 4.39 Å². The lowest BCUT2D eigenvalue weighted by Crippen LogP contribution is -2.04. The first kappa shape index (κ1) is 17.0. The van der Waals surface area contributed by atoms with E-state index < -0.39 is 0 Å². The molecular formula is C20H22FNO. The maximum absolute atomic E-state index is 12.9. The Hall–Kier alpha value is -2.34. The third-order valence-corrected chi connectivity index (χ3v) is 3.86. The van der Waals surface area contributed by atoms with Gasteiger partial charge in [0.1, 0.15) is 11.6 Å². The van der Waals surface area contributed by atoms with E-state index in [0.717, 1.165) is 17.7 Å². The van der Waals surface area contributed by atoms with Gasteiger partial charge in [-0.1, -0.05) is 44.2 Å². The molecule has 0 fully saturated rings. The number of ether oxygens (including phenoxy) is 1. The number of hydrogen-bond acceptors (Lipinski definition) is 2. The first-order chi connectivity index (χ1) is 11.1. The standard InChI is InChI=1S/C20H22FNO/c1-15(2)19-7-3-4-8-20(19)23-13-5-6-17(14-22)16-9-11-18(21)12-10-16/h3-4,7-12,15,17H,5-6,13H2,1-2H3. The Kier molecular flexibility index (Phi) is 6.17. The minimum absolute atomic E-state index is 0.223. The molecule has 3 heteroatoms. The van der Waals surface area contributed by atoms with Gasteiger partial charge in [-0.25, -0.2) is 4.39 Å². The van der Waals surface area contributed by atoms with E-state index in [2.05, 4.69) is 26.0 Å². The smallest absolute Gasteiger partial charge is 0.123 e. The lowest BCUT2D eigenvalue weighted by molar-refractivity contribution is 0.301. The quantitative estimate of drug-likeness (QED) is 0.640. The van der Waals surface area contributed by atoms with Crippen LogP contribution in [0.1, 0.15) is 49.7 Å². The maximum atomic E-state index is 12.9. The van der Waals surface area contributed by atoms with Crippen LogP contribution in [0.15, 0.2) is 48.5 Å². The van der Waals surface area contributed by atoms with Crippen LogP contribution in [0.2, 0.25) is 0 Å². The van der Waals surface area contributed by atoms with Gasteiger partial charge in [-0.3, -0.25) is 0 Å². The van der Waals surface area contributed by atoms with Crippen molar-refractivity contribution in [3.05, 3.63) is 65.5 Å². The number of rotatable bonds is 7. The molecule has 0 aliphatic heterocycles. The molecule has 2 rings (SSSR count). The number of hydrogen-bond donors (Lipinski definition) is 0. The van der Waals surface area contributed by atoms with Crippen LogP contribution in [-0.4, -0.2) is 6.61 Å². The molecule has 0 saturated heterocycles. The van der Waals surface area contributed by atoms with Gasteiger partial charge in [0.25, 0.3) is 0 Å². The summed E-state index contributed by atoms with van der Waals surface area (Å²) < 4.78 is 18.8. The fourth-order valence-electron chi connectivity index (χ4n) is 2.56. The van der Waals surface area contributed by atoms with Crippen molar-refractivity contribution in [3.8, 4) is 11.8 Å². The van der Waals surface area contributed by atoms with Crippen LogP contribution in [0.5, 0.6) is 5.75 Å². The zero-order valence-electron chi connectivity index (χ0n) is 13.6. The number of nitriles is 1. The van der Waals surface area contributed by atoms with Crippen molar-refractivity contribution >= 4 is 0 Å². The molecule has 1 atom stereocenters. The van der Waals surface area contributed by atoms with Crippen LogP contribution in [0.3, 0.4) is 0 Å². The van der Waals surface area contributed by atoms with Crippen molar-refractivity contribution in [1.82, 2.24) is 0 Å². The summed E-state index contributed by atoms with van der Waals surface area (Å²) in [7, 11) is 0. The van der Waals surface area contributed by atoms with E-state index in [1.54, 1.807) is 12.1 Å². The van der Waals surface area contributed by atoms with E-state index >= 15 is 0 Å². The Morgan fingerprint density at radius 3 is 2.43 bits per heavy atom. The van der Waals surface area contributed by atoms with Crippen LogP contribution < -0.4 is 4.74 Å². The first-order valence-electron chi connectivity index (χ1n) is 7.98. The molecule has 0 bridgehead atoms. The van der Waals surface area contributed by atoms with Crippen molar-refractivity contribution in [2.75, 3.05) is 6.61 Å². The van der Waals surface area contributed by atoms with Crippen molar-refractivity contribution in [3.63, 3.8) is 0 Å². The van der Waals surface area contributed by atoms with E-state index in [-0.39, 0.29) is 11.7 Å². The molecule has 1 unspecified atom stereocenters. The normalized spacial score (nSPS) is 12.0. The molecule has 0 aliphatic rings. The fraction of sp³-hybridized carbons (Fsp3) is 0.350. The highest BCUT2D eigenvalue weighted by Gasteiger charge is 2.11. The predicted molar refractivity (Wildman–Crippen MR) is 90.0 cm³/mol. The monoisotopic (exact) mass is 311 g/mol. The van der Waals surface area contributed by atoms with Gasteiger partial charge in [-0.15, -0.1) is 0 Å². The highest BCUT2D eigenvalue weighted by molar-refractivity contribution is 5.35. The Bertz CT molecular complexity index is 658. The lowest BCUT2D eigenvalue weighted by Gasteiger charge is -2.14. The number of benzene rings is 2. The average Bonchev–Trinajstić information content (AvgIpc) is 2.56. The van der Waals surface area contributed by atoms with E-state index in [0.29, 0.717) is 18.9 Å². The molecule has 0 radical (unpaired) electrons. The Morgan fingerprint density at radius 1 is 1.09 bits per heavy atom. The summed E-state index contributed by atoms with van der Waals surface area (Å²) in [5.41, 5.74) is 2.05. The van der Waals surface area contributed by atoms with E-state index in [1.165, 1.54) is 17.7 Å². The van der Waals surface area contributed by atoms with Crippen molar-refractivity contribution in [2.24, 2.45) is 0 Å². The summed E-state index contributed by atoms with van der Waals surface area (Å²) >= 11 is 0. The molecule has 23 heavy (non-hydrogen) atoms. The second kappa shape index (κ2) is 8.33. The van der Waals surface area contributed by atoms with Crippen molar-refractivity contribution in [2.45, 2.75) is 38.5 Å². The highest BCUT2D eigenvalue weighted by atomic mass is 19.1. The molecule has 120 valence electrons. The van der Waals surface area contributed by atoms with Gasteiger partial charge in [-0.05, 0) is 48.1 Å². The third kappa shape index (κ3) is 4.82. The molecule has 0 heterocycles. The summed E-state index contributed by atoms with van der Waals surface area (Å²) in [5, 5.41) is 9.30. The first-order valence-corrected chi connectivity index (χ1v) is 7.98. The van der Waals surface area contributed by atoms with Crippen LogP contribution in [0, 0.1) is 17.1 Å². The van der Waals surface area contributed by atoms with Gasteiger partial charge >= 0.3 is 0 Å². The maximum Gasteiger partial charge on any atom is 0.123 e. The number of para-hydroxylation sites is 1. The van der Waals surface area contributed by atoms with Gasteiger partial charge in [0, 0.05) is 0 Å². The number of nitrogens with zero attached hydrogens (tertiary/aromatic N) is 1. The van der Waals surface area contributed by atoms with Gasteiger partial charge in [-0.2, -0.15) is 5.26 Å². The Morgan fingerprint density at radius 2 is 1.78 bits per heavy atom. The van der Waals surface area contributed by atoms with Crippen molar-refractivity contribution in [1.29, 1.82) is 5.26 Å². The van der Waals surface area contributed by atoms with E-state index in [4.69, 9.17) is 4.74 Å². The average molecular weight is 311 g/mol. The third-order valence-electron chi connectivity index (χ3n) is 3.86. The molecule has 0 N–H and O–H groups in total. The summed E-state index contributed by atoms with van der Waals surface area (Å²) in [6.07, 6.45) is 1.48. The molecule has 0 saturated carbocycles. The highest BCUT2D eigenvalue weighted by Crippen LogP contribution is 2.26. The molecule has 0 amide bonds. The molecule has 0 aliphatic carbocycles. The van der Waals surface area contributed by atoms with Gasteiger partial charge < -0.3 is 4.74 Å². The molecule has 0 aromatic heterocycles. The summed E-state index contributed by atoms with van der Waals surface area (Å²) in [5.74, 6) is 0.827. The zero-order valence-corrected chi connectivity index (χ0v) is 13.6. The van der Waals surface area contributed by atoms with Crippen LogP contribution in [-0.2, 0) is 0 Å². The summed E-state index contributed by atoms with van der Waals surface area (Å²) in [6, 6.07) is 16.5. The second-order valence-electron chi connectivity index (χ2n) is 5.92.